The van der Waals surface area contributed by atoms with E-state index in [2.05, 4.69) is 21.8 Å². The second kappa shape index (κ2) is 9.11. The molecule has 9 nitrogen and oxygen atoms in total. The Balaban J connectivity index is 1.69. The highest BCUT2D eigenvalue weighted by Gasteiger charge is 2.41. The predicted octanol–water partition coefficient (Wildman–Crippen LogP) is 3.84. The van der Waals surface area contributed by atoms with E-state index in [0.29, 0.717) is 16.7 Å². The van der Waals surface area contributed by atoms with Crippen molar-refractivity contribution in [2.75, 3.05) is 40.0 Å². The summed E-state index contributed by atoms with van der Waals surface area (Å²) >= 11 is 6.74. The van der Waals surface area contributed by atoms with Crippen LogP contribution in [-0.2, 0) is 4.79 Å². The summed E-state index contributed by atoms with van der Waals surface area (Å²) in [5.41, 5.74) is 9.98. The number of azo groups is 2. The number of likely N-dealkylation sites (tertiary alicyclic amines) is 1. The molecule has 3 atom stereocenters. The minimum absolute atomic E-state index is 0.104. The standard InChI is InChI=1S/C24H33ClN7O2/c1-12-18(25)8-17(14(3)32-23-20(13(2)29-32)22(26)27-11-28-23)21(34-7)19(12)16-9-31(10-16)15(4)24(33)30(5)6/h8,11,13-16H,9-10H2,1-7H3,(H2,26,27,28)/q+1/t13?,14?,15-/m1/s1. The molecule has 34 heavy (non-hydrogen) atoms. The number of anilines is 1. The number of aromatic nitrogens is 2. The zero-order chi connectivity index (χ0) is 24.9. The van der Waals surface area contributed by atoms with Gasteiger partial charge in [0.25, 0.3) is 0 Å². The number of carbonyl (C=O) groups excluding carboxylic acids is 1. The van der Waals surface area contributed by atoms with Crippen molar-refractivity contribution in [3.63, 3.8) is 0 Å². The van der Waals surface area contributed by atoms with Gasteiger partial charge in [-0.25, -0.2) is 0 Å². The van der Waals surface area contributed by atoms with Crippen LogP contribution in [0.25, 0.3) is 0 Å². The van der Waals surface area contributed by atoms with Crippen molar-refractivity contribution in [3.8, 4) is 5.75 Å². The topological polar surface area (TPSA) is 100.0 Å². The molecule has 2 unspecified atom stereocenters. The van der Waals surface area contributed by atoms with Crippen LogP contribution in [-0.4, -0.2) is 70.7 Å². The van der Waals surface area contributed by atoms with E-state index in [4.69, 9.17) is 27.2 Å². The highest BCUT2D eigenvalue weighted by atomic mass is 35.5. The van der Waals surface area contributed by atoms with Gasteiger partial charge in [-0.05, 0) is 44.3 Å². The number of methoxy groups -OCH3 is 1. The Kier molecular flexibility index (Phi) is 6.52. The number of amides is 1. The first-order valence-corrected chi connectivity index (χ1v) is 11.9. The molecule has 1 amide bonds. The Morgan fingerprint density at radius 2 is 1.97 bits per heavy atom. The third kappa shape index (κ3) is 3.90. The molecule has 182 valence electrons. The quantitative estimate of drug-likeness (QED) is 0.623. The Labute approximate surface area is 205 Å². The molecule has 0 saturated carbocycles. The Bertz CT molecular complexity index is 1160. The average Bonchev–Trinajstić information content (AvgIpc) is 3.11. The molecular weight excluding hydrogens is 454 g/mol. The predicted molar refractivity (Wildman–Crippen MR) is 131 cm³/mol. The van der Waals surface area contributed by atoms with Crippen molar-refractivity contribution in [2.45, 2.75) is 51.7 Å². The van der Waals surface area contributed by atoms with Gasteiger partial charge in [0.15, 0.2) is 0 Å². The summed E-state index contributed by atoms with van der Waals surface area (Å²) in [6.45, 7) is 9.55. The van der Waals surface area contributed by atoms with Crippen LogP contribution in [0.2, 0.25) is 5.02 Å². The first-order chi connectivity index (χ1) is 16.1. The number of nitrogens with two attached hydrogens (primary N) is 1. The Morgan fingerprint density at radius 1 is 1.29 bits per heavy atom. The molecule has 10 heteroatoms. The van der Waals surface area contributed by atoms with Gasteiger partial charge < -0.3 is 15.4 Å². The maximum atomic E-state index is 12.4. The van der Waals surface area contributed by atoms with E-state index in [0.717, 1.165) is 41.1 Å². The van der Waals surface area contributed by atoms with Crippen molar-refractivity contribution >= 4 is 29.1 Å². The molecule has 3 heterocycles. The molecule has 0 aliphatic carbocycles. The molecule has 0 bridgehead atoms. The third-order valence-electron chi connectivity index (χ3n) is 7.06. The van der Waals surface area contributed by atoms with Crippen LogP contribution < -0.4 is 10.5 Å². The van der Waals surface area contributed by atoms with Gasteiger partial charge in [0, 0.05) is 49.3 Å². The number of benzene rings is 1. The van der Waals surface area contributed by atoms with Crippen LogP contribution in [0.3, 0.4) is 0 Å². The normalized spacial score (nSPS) is 19.8. The number of nitrogen functional groups attached to an aromatic ring is 1. The van der Waals surface area contributed by atoms with E-state index in [9.17, 15) is 4.79 Å². The second-order valence-corrected chi connectivity index (χ2v) is 9.79. The summed E-state index contributed by atoms with van der Waals surface area (Å²) < 4.78 is 7.88. The van der Waals surface area contributed by atoms with Crippen LogP contribution in [0.4, 0.5) is 11.6 Å². The lowest BCUT2D eigenvalue weighted by atomic mass is 9.84. The van der Waals surface area contributed by atoms with Crippen LogP contribution in [0.15, 0.2) is 17.5 Å². The number of halogens is 1. The van der Waals surface area contributed by atoms with Crippen molar-refractivity contribution in [1.29, 1.82) is 0 Å². The van der Waals surface area contributed by atoms with Gasteiger partial charge in [-0.1, -0.05) is 11.6 Å². The molecule has 1 aromatic carbocycles. The molecule has 2 aliphatic heterocycles. The average molecular weight is 487 g/mol. The van der Waals surface area contributed by atoms with E-state index in [1.54, 1.807) is 26.1 Å². The lowest BCUT2D eigenvalue weighted by Crippen LogP contribution is -2.54. The zero-order valence-electron chi connectivity index (χ0n) is 20.8. The van der Waals surface area contributed by atoms with Gasteiger partial charge in [-0.2, -0.15) is 4.98 Å². The Morgan fingerprint density at radius 3 is 2.59 bits per heavy atom. The highest BCUT2D eigenvalue weighted by molar-refractivity contribution is 6.31. The SMILES string of the molecule is COc1c(C(C)[N+]2=NC(C)c3c(N)ncnc32)cc(Cl)c(C)c1C1CN([C@H](C)C(=O)N(C)C)C1. The number of nitrogens with zero attached hydrogens (tertiary/aromatic N) is 6. The summed E-state index contributed by atoms with van der Waals surface area (Å²) in [6, 6.07) is 1.47. The number of hydrogen-bond acceptors (Lipinski definition) is 7. The van der Waals surface area contributed by atoms with Crippen molar-refractivity contribution < 1.29 is 14.2 Å². The minimum atomic E-state index is -0.185. The number of rotatable bonds is 6. The number of fused-ring (bicyclic) bond motifs is 1. The monoisotopic (exact) mass is 486 g/mol. The summed E-state index contributed by atoms with van der Waals surface area (Å²) in [5, 5.41) is 5.49. The number of ether oxygens (including phenoxy) is 1. The minimum Gasteiger partial charge on any atom is -0.496 e. The Hall–Kier alpha value is -2.78. The molecule has 1 saturated heterocycles. The summed E-state index contributed by atoms with van der Waals surface area (Å²) in [4.78, 5) is 24.8. The molecule has 1 fully saturated rings. The van der Waals surface area contributed by atoms with Crippen molar-refractivity contribution in [2.24, 2.45) is 5.11 Å². The maximum Gasteiger partial charge on any atom is 0.354 e. The lowest BCUT2D eigenvalue weighted by Gasteiger charge is -2.44. The van der Waals surface area contributed by atoms with E-state index in [-0.39, 0.29) is 30.0 Å². The molecule has 2 N–H and O–H groups in total. The smallest absolute Gasteiger partial charge is 0.354 e. The fraction of sp³-hybridized carbons (Fsp3) is 0.542. The fourth-order valence-corrected chi connectivity index (χ4v) is 5.25. The first-order valence-electron chi connectivity index (χ1n) is 11.5. The van der Waals surface area contributed by atoms with E-state index in [1.807, 2.05) is 31.5 Å². The molecule has 2 aromatic rings. The summed E-state index contributed by atoms with van der Waals surface area (Å²) in [5.74, 6) is 2.29. The van der Waals surface area contributed by atoms with Crippen LogP contribution in [0, 0.1) is 6.92 Å². The van der Waals surface area contributed by atoms with Crippen molar-refractivity contribution in [3.05, 3.63) is 39.7 Å². The zero-order valence-corrected chi connectivity index (χ0v) is 21.6. The molecule has 0 spiro atoms. The van der Waals surface area contributed by atoms with E-state index >= 15 is 0 Å². The van der Waals surface area contributed by atoms with E-state index < -0.39 is 0 Å². The lowest BCUT2D eigenvalue weighted by molar-refractivity contribution is -0.555. The highest BCUT2D eigenvalue weighted by Crippen LogP contribution is 2.47. The first kappa shape index (κ1) is 24.3. The van der Waals surface area contributed by atoms with Gasteiger partial charge in [-0.3, -0.25) is 9.69 Å². The number of hydrogen-bond donors (Lipinski definition) is 1. The van der Waals surface area contributed by atoms with Gasteiger partial charge >= 0.3 is 5.82 Å². The molecule has 0 radical (unpaired) electrons. The van der Waals surface area contributed by atoms with Crippen molar-refractivity contribution in [1.82, 2.24) is 19.8 Å². The van der Waals surface area contributed by atoms with Gasteiger partial charge in [0.2, 0.25) is 12.2 Å². The summed E-state index contributed by atoms with van der Waals surface area (Å²) in [6.07, 6.45) is 1.46. The molecule has 2 aliphatic rings. The third-order valence-corrected chi connectivity index (χ3v) is 7.45. The number of likely N-dealkylation sites (N-methyl/N-ethyl adjacent to an activating group) is 1. The summed E-state index contributed by atoms with van der Waals surface area (Å²) in [7, 11) is 5.26. The van der Waals surface area contributed by atoms with Crippen LogP contribution >= 0.6 is 11.6 Å². The largest absolute Gasteiger partial charge is 0.496 e. The van der Waals surface area contributed by atoms with E-state index in [1.165, 1.54) is 6.33 Å². The van der Waals surface area contributed by atoms with Crippen LogP contribution in [0.5, 0.6) is 5.75 Å². The van der Waals surface area contributed by atoms with Gasteiger partial charge in [0.05, 0.1) is 13.2 Å². The molecular formula is C24H33ClN7O2+. The maximum absolute atomic E-state index is 12.4. The van der Waals surface area contributed by atoms with Gasteiger partial charge in [0.1, 0.15) is 29.2 Å². The second-order valence-electron chi connectivity index (χ2n) is 9.39. The molecule has 4 rings (SSSR count). The van der Waals surface area contributed by atoms with Crippen LogP contribution in [0.1, 0.15) is 61.0 Å². The number of carbonyl (C=O) groups is 1. The molecule has 1 aromatic heterocycles. The van der Waals surface area contributed by atoms with Gasteiger partial charge in [-0.15, -0.1) is 9.81 Å². The fourth-order valence-electron chi connectivity index (χ4n) is 5.03.